The lowest BCUT2D eigenvalue weighted by Gasteiger charge is -2.18. The van der Waals surface area contributed by atoms with Gasteiger partial charge in [-0.25, -0.2) is 9.13 Å². The quantitative estimate of drug-likeness (QED) is 0.0128. The highest BCUT2D eigenvalue weighted by Crippen LogP contribution is 2.42. The van der Waals surface area contributed by atoms with Gasteiger partial charge in [-0.1, -0.05) is 242 Å². The highest BCUT2D eigenvalue weighted by molar-refractivity contribution is 7.47. The van der Waals surface area contributed by atoms with Gasteiger partial charge in [0.1, 0.15) is 13.2 Å². The molecule has 0 amide bonds. The summed E-state index contributed by atoms with van der Waals surface area (Å²) >= 11 is 0. The molecule has 0 heterocycles. The van der Waals surface area contributed by atoms with Crippen LogP contribution in [0.15, 0.2) is 85.1 Å². The van der Waals surface area contributed by atoms with E-state index in [9.17, 15) is 33.2 Å². The molecule has 0 aromatic carbocycles. The molecule has 0 radical (unpaired) electrons. The molecule has 3 N–H and O–H groups in total. The first-order chi connectivity index (χ1) is 43.1. The summed E-state index contributed by atoms with van der Waals surface area (Å²) in [5, 5.41) is 0. The predicted octanol–water partition coefficient (Wildman–Crippen LogP) is 20.4. The maximum atomic E-state index is 12.3. The second-order valence-electron chi connectivity index (χ2n) is 22.4. The zero-order valence-corrected chi connectivity index (χ0v) is 58.5. The van der Waals surface area contributed by atoms with E-state index in [1.165, 1.54) is 116 Å². The van der Waals surface area contributed by atoms with Crippen LogP contribution in [-0.2, 0) is 60.8 Å². The standard InChI is InChI=1S/C38H67O8P.C23H43O8P.C10H18/c1-3-5-7-9-11-13-15-17-19-21-23-25-27-29-31-33-38(40)46-36(35-45-47(41,42)43)34-44-37(39)32-30-28-26-24-22-20-18-16-14-12-10-8-6-4-2;1-3-4-5-6-7-8-9-10-11-12-13-14-15-16-17-18-23(25)29-19-22(30-21-24)20-31-32(26,27)28-2;1-3-5-7-9-10-8-6-4-2/h10-13,16-19,36H,3-9,14-15,20-35H2,1-2H3,(H2,41,42,43);7-8,21-22H,3-6,9-20H2,1-2H3,(H,26,27);5,7-8,10H,3-4,6,9H2,1-2H3/b12-10-,13-11+,18-16+,19-17+;8-7+;7-5+,10-8+/t36-;22-;/m11./s1. The molecule has 1 unspecified atom stereocenters. The summed E-state index contributed by atoms with van der Waals surface area (Å²) in [6.07, 6.45) is 72.6. The van der Waals surface area contributed by atoms with Gasteiger partial charge in [-0.3, -0.25) is 32.7 Å². The van der Waals surface area contributed by atoms with Gasteiger partial charge in [-0.05, 0) is 122 Å². The fourth-order valence-electron chi connectivity index (χ4n) is 8.53. The van der Waals surface area contributed by atoms with Crippen molar-refractivity contribution in [3.8, 4) is 0 Å². The number of phosphoric acid groups is 2. The Hall–Kier alpha value is -3.72. The maximum Gasteiger partial charge on any atom is 0.472 e. The Balaban J connectivity index is -0.00000151. The zero-order chi connectivity index (χ0) is 66.3. The highest BCUT2D eigenvalue weighted by atomic mass is 31.2. The molecule has 0 bridgehead atoms. The molecule has 0 aliphatic carbocycles. The minimum Gasteiger partial charge on any atom is -0.462 e. The number of esters is 3. The summed E-state index contributed by atoms with van der Waals surface area (Å²) < 4.78 is 56.1. The van der Waals surface area contributed by atoms with Gasteiger partial charge in [0.2, 0.25) is 0 Å². The smallest absolute Gasteiger partial charge is 0.462 e. The highest BCUT2D eigenvalue weighted by Gasteiger charge is 2.24. The SMILES string of the molecule is CC/C=C/C/C=C/CCC.CCCC/C=C\C/C=C/CCCCCCCC(=O)OC[C@H](COP(=O)(O)O)OC(=O)CCCCCCC/C=C/C/C=C/CCCCC.CCCCC/C=C/CCCCCCCCCCC(=O)OC[C@H](COP(=O)(O)OC)OC=O. The molecule has 0 aliphatic rings. The van der Waals surface area contributed by atoms with Gasteiger partial charge in [0, 0.05) is 26.4 Å². The molecule has 0 aromatic rings. The Morgan fingerprint density at radius 1 is 0.371 bits per heavy atom. The first-order valence-electron chi connectivity index (χ1n) is 34.5. The first kappa shape index (κ1) is 89.5. The lowest BCUT2D eigenvalue weighted by atomic mass is 10.1. The summed E-state index contributed by atoms with van der Waals surface area (Å²) in [6.45, 7) is 9.67. The monoisotopic (exact) mass is 1300 g/mol. The molecular weight excluding hydrogens is 1170 g/mol. The lowest BCUT2D eigenvalue weighted by Crippen LogP contribution is -2.29. The molecule has 518 valence electrons. The van der Waals surface area contributed by atoms with Crippen LogP contribution >= 0.6 is 15.6 Å². The van der Waals surface area contributed by atoms with Crippen molar-refractivity contribution in [2.75, 3.05) is 33.5 Å². The van der Waals surface area contributed by atoms with Crippen molar-refractivity contribution in [1.29, 1.82) is 0 Å². The van der Waals surface area contributed by atoms with E-state index in [0.29, 0.717) is 12.8 Å². The minimum absolute atomic E-state index is 0.169. The molecule has 18 heteroatoms. The van der Waals surface area contributed by atoms with E-state index in [1.54, 1.807) is 0 Å². The molecule has 0 aliphatic heterocycles. The van der Waals surface area contributed by atoms with Crippen molar-refractivity contribution in [3.05, 3.63) is 85.1 Å². The van der Waals surface area contributed by atoms with E-state index in [4.69, 9.17) is 24.0 Å². The minimum atomic E-state index is -4.76. The largest absolute Gasteiger partial charge is 0.472 e. The van der Waals surface area contributed by atoms with E-state index < -0.39 is 59.0 Å². The van der Waals surface area contributed by atoms with Crippen LogP contribution in [0.25, 0.3) is 0 Å². The summed E-state index contributed by atoms with van der Waals surface area (Å²) in [7, 11) is -7.92. The number of unbranched alkanes of at least 4 members (excludes halogenated alkanes) is 27. The average Bonchev–Trinajstić information content (AvgIpc) is 3.51. The summed E-state index contributed by atoms with van der Waals surface area (Å²) in [6, 6.07) is 0. The van der Waals surface area contributed by atoms with Crippen molar-refractivity contribution in [3.63, 3.8) is 0 Å². The van der Waals surface area contributed by atoms with Crippen LogP contribution in [0.3, 0.4) is 0 Å². The number of carbonyl (C=O) groups excluding carboxylic acids is 4. The van der Waals surface area contributed by atoms with Crippen LogP contribution in [-0.4, -0.2) is 84.8 Å². The van der Waals surface area contributed by atoms with Crippen molar-refractivity contribution < 1.29 is 75.5 Å². The van der Waals surface area contributed by atoms with Crippen LogP contribution in [0, 0.1) is 0 Å². The van der Waals surface area contributed by atoms with E-state index in [0.717, 1.165) is 123 Å². The van der Waals surface area contributed by atoms with Crippen molar-refractivity contribution in [2.45, 2.75) is 310 Å². The molecule has 0 aromatic heterocycles. The van der Waals surface area contributed by atoms with Crippen molar-refractivity contribution >= 4 is 40.0 Å². The fourth-order valence-corrected chi connectivity index (χ4v) is 9.35. The van der Waals surface area contributed by atoms with Gasteiger partial charge in [-0.15, -0.1) is 0 Å². The molecule has 0 spiro atoms. The number of rotatable bonds is 61. The summed E-state index contributed by atoms with van der Waals surface area (Å²) in [4.78, 5) is 74.1. The van der Waals surface area contributed by atoms with Crippen LogP contribution in [0.2, 0.25) is 0 Å². The second kappa shape index (κ2) is 71.7. The van der Waals surface area contributed by atoms with Crippen LogP contribution in [0.5, 0.6) is 0 Å². The Bertz CT molecular complexity index is 1910. The number of allylic oxidation sites excluding steroid dienone is 14. The van der Waals surface area contributed by atoms with Gasteiger partial charge in [0.25, 0.3) is 6.47 Å². The predicted molar refractivity (Wildman–Crippen MR) is 365 cm³/mol. The molecule has 16 nitrogen and oxygen atoms in total. The van der Waals surface area contributed by atoms with Crippen molar-refractivity contribution in [2.24, 2.45) is 0 Å². The molecular formula is C71H128O16P2. The number of hydrogen-bond donors (Lipinski definition) is 3. The summed E-state index contributed by atoms with van der Waals surface area (Å²) in [5.74, 6) is -1.32. The average molecular weight is 1300 g/mol. The molecule has 3 atom stereocenters. The number of carbonyl (C=O) groups is 4. The number of ether oxygens (including phenoxy) is 4. The molecule has 0 fully saturated rings. The fraction of sp³-hybridized carbons (Fsp3) is 0.746. The Morgan fingerprint density at radius 2 is 0.708 bits per heavy atom. The molecule has 0 saturated carbocycles. The van der Waals surface area contributed by atoms with E-state index in [1.807, 2.05) is 0 Å². The van der Waals surface area contributed by atoms with Crippen LogP contribution in [0.1, 0.15) is 298 Å². The Labute approximate surface area is 541 Å². The van der Waals surface area contributed by atoms with Gasteiger partial charge >= 0.3 is 33.6 Å². The van der Waals surface area contributed by atoms with Gasteiger partial charge in [0.15, 0.2) is 12.2 Å². The topological polar surface area (TPSA) is 228 Å². The normalized spacial score (nSPS) is 13.3. The zero-order valence-electron chi connectivity index (χ0n) is 56.7. The second-order valence-corrected chi connectivity index (χ2v) is 25.2. The third-order valence-electron chi connectivity index (χ3n) is 13.8. The van der Waals surface area contributed by atoms with Gasteiger partial charge in [-0.2, -0.15) is 0 Å². The molecule has 89 heavy (non-hydrogen) atoms. The third kappa shape index (κ3) is 78.5. The van der Waals surface area contributed by atoms with Crippen LogP contribution in [0.4, 0.5) is 0 Å². The lowest BCUT2D eigenvalue weighted by molar-refractivity contribution is -0.161. The van der Waals surface area contributed by atoms with Gasteiger partial charge < -0.3 is 33.6 Å². The Morgan fingerprint density at radius 3 is 1.09 bits per heavy atom. The first-order valence-corrected chi connectivity index (χ1v) is 37.5. The van der Waals surface area contributed by atoms with Crippen molar-refractivity contribution in [1.82, 2.24) is 0 Å². The van der Waals surface area contributed by atoms with Gasteiger partial charge in [0.05, 0.1) is 13.2 Å². The van der Waals surface area contributed by atoms with E-state index in [-0.39, 0.29) is 38.9 Å². The third-order valence-corrected chi connectivity index (χ3v) is 15.3. The van der Waals surface area contributed by atoms with Crippen LogP contribution < -0.4 is 0 Å². The molecule has 0 rings (SSSR count). The summed E-state index contributed by atoms with van der Waals surface area (Å²) in [5.41, 5.74) is 0. The number of phosphoric ester groups is 2. The molecule has 0 saturated heterocycles. The number of hydrogen-bond acceptors (Lipinski definition) is 13. The Kier molecular flexibility index (Phi) is 72.1. The van der Waals surface area contributed by atoms with E-state index in [2.05, 4.69) is 138 Å². The maximum absolute atomic E-state index is 12.3. The van der Waals surface area contributed by atoms with E-state index >= 15 is 0 Å².